The van der Waals surface area contributed by atoms with Gasteiger partial charge in [0, 0.05) is 0 Å². The number of nitrogens with zero attached hydrogens (tertiary/aromatic N) is 1. The fourth-order valence-corrected chi connectivity index (χ4v) is 9.58. The monoisotopic (exact) mass is 423 g/mol. The van der Waals surface area contributed by atoms with Crippen LogP contribution in [-0.4, -0.2) is 19.0 Å². The van der Waals surface area contributed by atoms with Crippen molar-refractivity contribution in [3.8, 4) is 0 Å². The third kappa shape index (κ3) is 3.48. The van der Waals surface area contributed by atoms with Crippen molar-refractivity contribution in [2.75, 3.05) is 13.3 Å². The Labute approximate surface area is 184 Å². The fourth-order valence-electron chi connectivity index (χ4n) is 4.81. The first kappa shape index (κ1) is 19.7. The molecular formula is C28H26NOP. The Hall–Kier alpha value is -3.22. The molecule has 3 aromatic carbocycles. The number of allylic oxidation sites excluding steroid dienone is 5. The Morgan fingerprint density at radius 2 is 1.29 bits per heavy atom. The summed E-state index contributed by atoms with van der Waals surface area (Å²) in [6, 6.07) is 33.0. The molecule has 1 aliphatic heterocycles. The second kappa shape index (κ2) is 8.49. The summed E-state index contributed by atoms with van der Waals surface area (Å²) in [6.07, 6.45) is 8.42. The van der Waals surface area contributed by atoms with E-state index < -0.39 is 7.26 Å². The average Bonchev–Trinajstić information content (AvgIpc) is 3.21. The van der Waals surface area contributed by atoms with Crippen molar-refractivity contribution in [3.05, 3.63) is 126 Å². The van der Waals surface area contributed by atoms with Gasteiger partial charge in [-0.25, -0.2) is 0 Å². The van der Waals surface area contributed by atoms with Crippen LogP contribution in [0.1, 0.15) is 6.42 Å². The van der Waals surface area contributed by atoms with Crippen molar-refractivity contribution >= 4 is 28.9 Å². The predicted molar refractivity (Wildman–Crippen MR) is 135 cm³/mol. The molecule has 0 saturated heterocycles. The van der Waals surface area contributed by atoms with Crippen molar-refractivity contribution in [1.29, 1.82) is 0 Å². The Kier molecular flexibility index (Phi) is 5.40. The maximum atomic E-state index is 5.81. The summed E-state index contributed by atoms with van der Waals surface area (Å²) in [5.41, 5.74) is 3.49. The summed E-state index contributed by atoms with van der Waals surface area (Å²) >= 11 is 0. The molecule has 0 unspecified atom stereocenters. The van der Waals surface area contributed by atoms with E-state index in [9.17, 15) is 0 Å². The number of aliphatic imine (C=N–C) groups is 1. The molecular weight excluding hydrogens is 397 g/mol. The van der Waals surface area contributed by atoms with Crippen LogP contribution < -0.4 is 15.9 Å². The van der Waals surface area contributed by atoms with Crippen LogP contribution in [0.4, 0.5) is 0 Å². The molecule has 1 heterocycles. The van der Waals surface area contributed by atoms with Crippen LogP contribution in [0, 0.1) is 0 Å². The molecule has 0 fully saturated rings. The standard InChI is InChI=1S/C28H26NOP/c1-30-28-26(25-19-11-12-20-27(25)29-28)21-31(22-13-5-2-6-14-22,23-15-7-3-8-16-23)24-17-9-4-10-18-24/h2-10,12-20,31H,11,21H2,1H3. The van der Waals surface area contributed by atoms with Crippen LogP contribution in [0.15, 0.2) is 131 Å². The quantitative estimate of drug-likeness (QED) is 0.516. The molecule has 3 heteroatoms. The number of ether oxygens (including phenoxy) is 1. The molecule has 0 saturated carbocycles. The van der Waals surface area contributed by atoms with Crippen molar-refractivity contribution < 1.29 is 4.74 Å². The Balaban J connectivity index is 1.76. The van der Waals surface area contributed by atoms with Gasteiger partial charge in [-0.2, -0.15) is 0 Å². The molecule has 3 aromatic rings. The average molecular weight is 423 g/mol. The second-order valence-corrected chi connectivity index (χ2v) is 11.8. The van der Waals surface area contributed by atoms with E-state index in [-0.39, 0.29) is 0 Å². The van der Waals surface area contributed by atoms with Gasteiger partial charge in [0.15, 0.2) is 0 Å². The summed E-state index contributed by atoms with van der Waals surface area (Å²) < 4.78 is 5.81. The van der Waals surface area contributed by atoms with E-state index in [2.05, 4.69) is 109 Å². The molecule has 2 aliphatic rings. The summed E-state index contributed by atoms with van der Waals surface area (Å²) in [7, 11) is -0.665. The van der Waals surface area contributed by atoms with Gasteiger partial charge in [-0.05, 0) is 0 Å². The summed E-state index contributed by atoms with van der Waals surface area (Å²) in [5, 5.41) is 4.20. The van der Waals surface area contributed by atoms with Crippen LogP contribution >= 0.6 is 7.26 Å². The van der Waals surface area contributed by atoms with E-state index >= 15 is 0 Å². The van der Waals surface area contributed by atoms with E-state index in [0.717, 1.165) is 24.2 Å². The minimum absolute atomic E-state index is 0.757. The van der Waals surface area contributed by atoms with Crippen molar-refractivity contribution in [3.63, 3.8) is 0 Å². The van der Waals surface area contributed by atoms with E-state index in [4.69, 9.17) is 9.73 Å². The molecule has 0 N–H and O–H groups in total. The first-order chi connectivity index (χ1) is 15.3. The normalized spacial score (nSPS) is 15.9. The Bertz CT molecular complexity index is 1090. The Morgan fingerprint density at radius 1 is 0.774 bits per heavy atom. The third-order valence-corrected chi connectivity index (χ3v) is 11.1. The number of hydrogen-bond donors (Lipinski definition) is 0. The fraction of sp³-hybridized carbons (Fsp3) is 0.107. The van der Waals surface area contributed by atoms with Crippen molar-refractivity contribution in [2.24, 2.45) is 4.99 Å². The summed E-state index contributed by atoms with van der Waals surface area (Å²) in [5.74, 6) is 0.757. The molecule has 0 atom stereocenters. The zero-order chi connectivity index (χ0) is 21.1. The SMILES string of the molecule is COC1=C(C[PH](c2ccccc2)(c2ccccc2)c2ccccc2)C2=CCC=CC2=N1. The van der Waals surface area contributed by atoms with Crippen LogP contribution in [0.25, 0.3) is 0 Å². The number of rotatable bonds is 6. The molecule has 31 heavy (non-hydrogen) atoms. The number of hydrogen-bond acceptors (Lipinski definition) is 2. The van der Waals surface area contributed by atoms with Gasteiger partial charge in [0.1, 0.15) is 0 Å². The van der Waals surface area contributed by atoms with Crippen LogP contribution in [0.3, 0.4) is 0 Å². The van der Waals surface area contributed by atoms with Gasteiger partial charge in [-0.1, -0.05) is 0 Å². The van der Waals surface area contributed by atoms with E-state index in [0.29, 0.717) is 0 Å². The van der Waals surface area contributed by atoms with E-state index in [1.54, 1.807) is 7.11 Å². The molecule has 0 amide bonds. The molecule has 0 spiro atoms. The third-order valence-electron chi connectivity index (χ3n) is 6.25. The van der Waals surface area contributed by atoms with Crippen LogP contribution in [0.2, 0.25) is 0 Å². The molecule has 1 aliphatic carbocycles. The molecule has 0 aromatic heterocycles. The number of benzene rings is 3. The molecule has 0 radical (unpaired) electrons. The van der Waals surface area contributed by atoms with Crippen molar-refractivity contribution in [1.82, 2.24) is 0 Å². The van der Waals surface area contributed by atoms with Gasteiger partial charge in [0.2, 0.25) is 0 Å². The number of methoxy groups -OCH3 is 1. The number of fused-ring (bicyclic) bond motifs is 1. The van der Waals surface area contributed by atoms with E-state index in [1.165, 1.54) is 27.1 Å². The molecule has 154 valence electrons. The minimum atomic E-state index is -2.40. The first-order valence-corrected chi connectivity index (χ1v) is 12.9. The maximum absolute atomic E-state index is 5.81. The van der Waals surface area contributed by atoms with Gasteiger partial charge in [-0.3, -0.25) is 0 Å². The second-order valence-electron chi connectivity index (χ2n) is 7.92. The first-order valence-electron chi connectivity index (χ1n) is 10.7. The van der Waals surface area contributed by atoms with Gasteiger partial charge in [0.05, 0.1) is 0 Å². The topological polar surface area (TPSA) is 21.6 Å². The van der Waals surface area contributed by atoms with Crippen LogP contribution in [0.5, 0.6) is 0 Å². The van der Waals surface area contributed by atoms with Gasteiger partial charge in [-0.15, -0.1) is 0 Å². The predicted octanol–water partition coefficient (Wildman–Crippen LogP) is 4.91. The van der Waals surface area contributed by atoms with Gasteiger partial charge in [0.25, 0.3) is 0 Å². The summed E-state index contributed by atoms with van der Waals surface area (Å²) in [6.45, 7) is 0. The zero-order valence-electron chi connectivity index (χ0n) is 17.7. The van der Waals surface area contributed by atoms with Gasteiger partial charge >= 0.3 is 185 Å². The molecule has 2 nitrogen and oxygen atoms in total. The molecule has 5 rings (SSSR count). The Morgan fingerprint density at radius 3 is 1.77 bits per heavy atom. The molecule has 0 bridgehead atoms. The van der Waals surface area contributed by atoms with E-state index in [1.807, 2.05) is 0 Å². The van der Waals surface area contributed by atoms with Gasteiger partial charge < -0.3 is 0 Å². The zero-order valence-corrected chi connectivity index (χ0v) is 18.7. The summed E-state index contributed by atoms with van der Waals surface area (Å²) in [4.78, 5) is 4.82. The van der Waals surface area contributed by atoms with Crippen LogP contribution in [-0.2, 0) is 4.74 Å². The van der Waals surface area contributed by atoms with Crippen molar-refractivity contribution in [2.45, 2.75) is 6.42 Å².